The molecule has 4 rings (SSSR count). The van der Waals surface area contributed by atoms with Crippen LogP contribution in [0.3, 0.4) is 0 Å². The van der Waals surface area contributed by atoms with Crippen molar-refractivity contribution >= 4 is 16.8 Å². The molecule has 21 heavy (non-hydrogen) atoms. The fourth-order valence-corrected chi connectivity index (χ4v) is 3.00. The molecule has 0 aliphatic heterocycles. The van der Waals surface area contributed by atoms with Crippen molar-refractivity contribution < 1.29 is 4.57 Å². The van der Waals surface area contributed by atoms with Crippen molar-refractivity contribution in [3.63, 3.8) is 0 Å². The lowest BCUT2D eigenvalue weighted by molar-refractivity contribution is -0.580. The van der Waals surface area contributed by atoms with Crippen molar-refractivity contribution in [2.75, 3.05) is 0 Å². The smallest absolute Gasteiger partial charge is 0.199 e. The second kappa shape index (κ2) is 4.42. The number of hydrogen-bond donors (Lipinski definition) is 0. The lowest BCUT2D eigenvalue weighted by Crippen LogP contribution is -2.37. The molecule has 0 aliphatic rings. The molecular weight excluding hydrogens is 258 g/mol. The van der Waals surface area contributed by atoms with Crippen LogP contribution in [0.5, 0.6) is 0 Å². The molecule has 2 aromatic carbocycles. The van der Waals surface area contributed by atoms with E-state index in [0.717, 1.165) is 22.5 Å². The summed E-state index contributed by atoms with van der Waals surface area (Å²) in [4.78, 5) is 4.84. The van der Waals surface area contributed by atoms with E-state index in [1.54, 1.807) is 0 Å². The molecule has 0 radical (unpaired) electrons. The molecule has 3 heteroatoms. The number of benzene rings is 2. The van der Waals surface area contributed by atoms with E-state index >= 15 is 0 Å². The van der Waals surface area contributed by atoms with Crippen molar-refractivity contribution in [3.8, 4) is 5.69 Å². The van der Waals surface area contributed by atoms with Gasteiger partial charge in [0.05, 0.1) is 11.4 Å². The minimum absolute atomic E-state index is 0.958. The maximum atomic E-state index is 4.84. The zero-order valence-corrected chi connectivity index (χ0v) is 12.1. The summed E-state index contributed by atoms with van der Waals surface area (Å²) in [5.41, 5.74) is 5.69. The fourth-order valence-electron chi connectivity index (χ4n) is 3.00. The molecule has 2 aromatic heterocycles. The van der Waals surface area contributed by atoms with Crippen LogP contribution in [0, 0.1) is 13.8 Å². The Balaban J connectivity index is 2.21. The molecule has 0 fully saturated rings. The second-order valence-corrected chi connectivity index (χ2v) is 5.33. The minimum Gasteiger partial charge on any atom is -0.199 e. The summed E-state index contributed by atoms with van der Waals surface area (Å²) in [5, 5.41) is 0. The van der Waals surface area contributed by atoms with Gasteiger partial charge in [0.15, 0.2) is 5.52 Å². The van der Waals surface area contributed by atoms with Gasteiger partial charge in [-0.2, -0.15) is 8.97 Å². The van der Waals surface area contributed by atoms with Crippen LogP contribution in [0.15, 0.2) is 60.7 Å². The van der Waals surface area contributed by atoms with E-state index in [1.807, 2.05) is 12.1 Å². The van der Waals surface area contributed by atoms with Crippen molar-refractivity contribution in [2.24, 2.45) is 0 Å². The van der Waals surface area contributed by atoms with Gasteiger partial charge < -0.3 is 0 Å². The highest BCUT2D eigenvalue weighted by Crippen LogP contribution is 2.18. The molecule has 0 saturated carbocycles. The van der Waals surface area contributed by atoms with Crippen LogP contribution < -0.4 is 4.57 Å². The molecule has 0 saturated heterocycles. The van der Waals surface area contributed by atoms with Crippen molar-refractivity contribution in [1.82, 2.24) is 9.38 Å². The maximum Gasteiger partial charge on any atom is 0.409 e. The molecule has 0 aliphatic carbocycles. The van der Waals surface area contributed by atoms with Crippen LogP contribution in [0.1, 0.15) is 11.4 Å². The Morgan fingerprint density at radius 1 is 0.905 bits per heavy atom. The molecular formula is C18H16N3+. The van der Waals surface area contributed by atoms with E-state index in [1.165, 1.54) is 11.4 Å². The van der Waals surface area contributed by atoms with Gasteiger partial charge in [0.25, 0.3) is 0 Å². The third-order valence-corrected chi connectivity index (χ3v) is 3.88. The zero-order chi connectivity index (χ0) is 14.4. The molecule has 0 bridgehead atoms. The molecule has 2 heterocycles. The monoisotopic (exact) mass is 274 g/mol. The van der Waals surface area contributed by atoms with Gasteiger partial charge >= 0.3 is 5.78 Å². The predicted molar refractivity (Wildman–Crippen MR) is 83.7 cm³/mol. The summed E-state index contributed by atoms with van der Waals surface area (Å²) in [6, 6.07) is 20.8. The SMILES string of the molecule is Cc1cc(C)[n+](-c2ccccc2)c2nc3ccccc3n12. The number of imidazole rings is 1. The van der Waals surface area contributed by atoms with Gasteiger partial charge in [-0.15, -0.1) is 0 Å². The molecule has 0 spiro atoms. The number of hydrogen-bond acceptors (Lipinski definition) is 1. The van der Waals surface area contributed by atoms with Gasteiger partial charge in [-0.3, -0.25) is 0 Å². The normalized spacial score (nSPS) is 11.3. The van der Waals surface area contributed by atoms with E-state index in [2.05, 4.69) is 71.3 Å². The molecule has 102 valence electrons. The molecule has 0 unspecified atom stereocenters. The average Bonchev–Trinajstić information content (AvgIpc) is 2.87. The molecule has 4 aromatic rings. The third-order valence-electron chi connectivity index (χ3n) is 3.88. The summed E-state index contributed by atoms with van der Waals surface area (Å²) in [6.45, 7) is 4.25. The number of aromatic nitrogens is 3. The first kappa shape index (κ1) is 12.1. The van der Waals surface area contributed by atoms with Crippen LogP contribution in [0.25, 0.3) is 22.5 Å². The fraction of sp³-hybridized carbons (Fsp3) is 0.111. The van der Waals surface area contributed by atoms with E-state index in [0.29, 0.717) is 0 Å². The van der Waals surface area contributed by atoms with Gasteiger partial charge in [-0.25, -0.2) is 0 Å². The van der Waals surface area contributed by atoms with Crippen molar-refractivity contribution in [3.05, 3.63) is 72.1 Å². The predicted octanol–water partition coefficient (Wildman–Crippen LogP) is 3.38. The number of fused-ring (bicyclic) bond motifs is 3. The van der Waals surface area contributed by atoms with E-state index in [9.17, 15) is 0 Å². The van der Waals surface area contributed by atoms with E-state index < -0.39 is 0 Å². The van der Waals surface area contributed by atoms with Crippen molar-refractivity contribution in [2.45, 2.75) is 13.8 Å². The van der Waals surface area contributed by atoms with Gasteiger partial charge in [-0.1, -0.05) is 35.3 Å². The van der Waals surface area contributed by atoms with Gasteiger partial charge in [-0.05, 0) is 38.1 Å². The van der Waals surface area contributed by atoms with Crippen molar-refractivity contribution in [1.29, 1.82) is 0 Å². The first-order chi connectivity index (χ1) is 10.3. The molecule has 0 amide bonds. The number of aryl methyl sites for hydroxylation is 2. The van der Waals surface area contributed by atoms with Crippen LogP contribution in [0.4, 0.5) is 0 Å². The van der Waals surface area contributed by atoms with Gasteiger partial charge in [0, 0.05) is 6.07 Å². The van der Waals surface area contributed by atoms with Gasteiger partial charge in [0.2, 0.25) is 0 Å². The Bertz CT molecular complexity index is 952. The highest BCUT2D eigenvalue weighted by atomic mass is 15.2. The molecule has 0 atom stereocenters. The van der Waals surface area contributed by atoms with Crippen LogP contribution in [-0.2, 0) is 0 Å². The lowest BCUT2D eigenvalue weighted by atomic mass is 10.2. The Hall–Kier alpha value is -2.68. The largest absolute Gasteiger partial charge is 0.409 e. The molecule has 3 nitrogen and oxygen atoms in total. The lowest BCUT2D eigenvalue weighted by Gasteiger charge is -2.07. The average molecular weight is 274 g/mol. The summed E-state index contributed by atoms with van der Waals surface area (Å²) < 4.78 is 4.42. The number of rotatable bonds is 1. The number of para-hydroxylation sites is 3. The first-order valence-corrected chi connectivity index (χ1v) is 7.10. The Morgan fingerprint density at radius 3 is 2.43 bits per heavy atom. The minimum atomic E-state index is 0.958. The Kier molecular flexibility index (Phi) is 2.54. The standard InChI is InChI=1S/C18H16N3/c1-13-12-14(2)21-17-11-7-6-10-16(17)19-18(21)20(13)15-8-4-3-5-9-15/h3-12H,1-2H3/q+1. The summed E-state index contributed by atoms with van der Waals surface area (Å²) >= 11 is 0. The highest BCUT2D eigenvalue weighted by molar-refractivity contribution is 5.79. The first-order valence-electron chi connectivity index (χ1n) is 7.10. The van der Waals surface area contributed by atoms with Crippen LogP contribution in [-0.4, -0.2) is 9.38 Å². The maximum absolute atomic E-state index is 4.84. The third kappa shape index (κ3) is 1.74. The van der Waals surface area contributed by atoms with Gasteiger partial charge in [0.1, 0.15) is 11.2 Å². The molecule has 0 N–H and O–H groups in total. The number of nitrogens with zero attached hydrogens (tertiary/aromatic N) is 3. The van der Waals surface area contributed by atoms with Crippen LogP contribution >= 0.6 is 0 Å². The summed E-state index contributed by atoms with van der Waals surface area (Å²) in [6.07, 6.45) is 0. The quantitative estimate of drug-likeness (QED) is 0.487. The topological polar surface area (TPSA) is 21.2 Å². The zero-order valence-electron chi connectivity index (χ0n) is 12.1. The van der Waals surface area contributed by atoms with E-state index in [-0.39, 0.29) is 0 Å². The summed E-state index contributed by atoms with van der Waals surface area (Å²) in [5.74, 6) is 0.958. The Morgan fingerprint density at radius 2 is 1.62 bits per heavy atom. The van der Waals surface area contributed by atoms with E-state index in [4.69, 9.17) is 4.98 Å². The second-order valence-electron chi connectivity index (χ2n) is 5.33. The van der Waals surface area contributed by atoms with Crippen LogP contribution in [0.2, 0.25) is 0 Å². The summed E-state index contributed by atoms with van der Waals surface area (Å²) in [7, 11) is 0. The Labute approximate surface area is 123 Å². The highest BCUT2D eigenvalue weighted by Gasteiger charge is 2.21.